The van der Waals surface area contributed by atoms with Gasteiger partial charge in [0.1, 0.15) is 5.82 Å². The van der Waals surface area contributed by atoms with E-state index in [1.165, 1.54) is 32.4 Å². The number of pyridine rings is 1. The van der Waals surface area contributed by atoms with Crippen molar-refractivity contribution in [3.8, 4) is 11.3 Å². The zero-order valence-electron chi connectivity index (χ0n) is 11.4. The van der Waals surface area contributed by atoms with E-state index in [9.17, 15) is 0 Å². The Morgan fingerprint density at radius 2 is 2.15 bits per heavy atom. The van der Waals surface area contributed by atoms with E-state index in [0.717, 1.165) is 11.3 Å². The molecule has 2 aromatic rings. The second-order valence-electron chi connectivity index (χ2n) is 5.76. The maximum absolute atomic E-state index is 5.80. The van der Waals surface area contributed by atoms with Crippen molar-refractivity contribution in [1.82, 2.24) is 19.4 Å². The van der Waals surface area contributed by atoms with Crippen LogP contribution in [0.1, 0.15) is 25.3 Å². The molecule has 2 saturated heterocycles. The molecule has 2 fully saturated rings. The van der Waals surface area contributed by atoms with Gasteiger partial charge in [-0.25, -0.2) is 9.97 Å². The summed E-state index contributed by atoms with van der Waals surface area (Å²) in [4.78, 5) is 11.1. The number of hydrogen-bond acceptors (Lipinski definition) is 4. The molecule has 2 aromatic heterocycles. The number of nitrogens with two attached hydrogens (primary N) is 1. The molecule has 4 rings (SSSR count). The van der Waals surface area contributed by atoms with Crippen LogP contribution in [0.4, 0.5) is 5.82 Å². The molecule has 2 aliphatic heterocycles. The summed E-state index contributed by atoms with van der Waals surface area (Å²) in [5, 5.41) is 0. The van der Waals surface area contributed by atoms with E-state index in [0.29, 0.717) is 17.9 Å². The maximum Gasteiger partial charge on any atom is 0.123 e. The molecule has 2 atom stereocenters. The van der Waals surface area contributed by atoms with Crippen LogP contribution in [0.3, 0.4) is 0 Å². The topological polar surface area (TPSA) is 60.0 Å². The number of nitrogen functional groups attached to an aromatic ring is 1. The Bertz CT molecular complexity index is 620. The van der Waals surface area contributed by atoms with Gasteiger partial charge in [0.2, 0.25) is 0 Å². The van der Waals surface area contributed by atoms with Crippen molar-refractivity contribution in [3.63, 3.8) is 0 Å². The highest BCUT2D eigenvalue weighted by Gasteiger charge is 2.38. The van der Waals surface area contributed by atoms with Gasteiger partial charge in [-0.05, 0) is 37.9 Å². The van der Waals surface area contributed by atoms with Crippen LogP contribution in [0.25, 0.3) is 11.3 Å². The first-order chi connectivity index (χ1) is 9.83. The monoisotopic (exact) mass is 269 g/mol. The van der Waals surface area contributed by atoms with Crippen molar-refractivity contribution in [3.05, 3.63) is 30.9 Å². The van der Waals surface area contributed by atoms with E-state index in [1.807, 2.05) is 24.7 Å². The maximum atomic E-state index is 5.80. The summed E-state index contributed by atoms with van der Waals surface area (Å²) in [5.41, 5.74) is 8.06. The Kier molecular flexibility index (Phi) is 2.73. The Hall–Kier alpha value is -1.88. The first-order valence-corrected chi connectivity index (χ1v) is 7.31. The normalized spacial score (nSPS) is 26.0. The van der Waals surface area contributed by atoms with Crippen LogP contribution in [0, 0.1) is 0 Å². The third kappa shape index (κ3) is 1.81. The van der Waals surface area contributed by atoms with E-state index in [4.69, 9.17) is 5.73 Å². The minimum absolute atomic E-state index is 0.546. The molecule has 0 spiro atoms. The van der Waals surface area contributed by atoms with Gasteiger partial charge >= 0.3 is 0 Å². The molecule has 0 bridgehead atoms. The van der Waals surface area contributed by atoms with Crippen molar-refractivity contribution in [2.24, 2.45) is 0 Å². The number of nitrogens with zero attached hydrogens (tertiary/aromatic N) is 4. The lowest BCUT2D eigenvalue weighted by atomic mass is 10.1. The molecular formula is C15H19N5. The summed E-state index contributed by atoms with van der Waals surface area (Å²) in [5.74, 6) is 0.559. The first-order valence-electron chi connectivity index (χ1n) is 7.31. The summed E-state index contributed by atoms with van der Waals surface area (Å²) in [6, 6.07) is 5.16. The van der Waals surface area contributed by atoms with Gasteiger partial charge in [-0.1, -0.05) is 0 Å². The molecule has 0 aliphatic carbocycles. The quantitative estimate of drug-likeness (QED) is 0.905. The Balaban J connectivity index is 1.72. The summed E-state index contributed by atoms with van der Waals surface area (Å²) < 4.78 is 2.34. The van der Waals surface area contributed by atoms with Crippen LogP contribution in [0.5, 0.6) is 0 Å². The van der Waals surface area contributed by atoms with E-state index >= 15 is 0 Å². The lowest BCUT2D eigenvalue weighted by Gasteiger charge is -2.23. The van der Waals surface area contributed by atoms with Gasteiger partial charge in [-0.3, -0.25) is 4.90 Å². The molecule has 2 N–H and O–H groups in total. The van der Waals surface area contributed by atoms with Crippen LogP contribution in [0.15, 0.2) is 30.9 Å². The molecule has 5 heteroatoms. The second kappa shape index (κ2) is 4.59. The van der Waals surface area contributed by atoms with Gasteiger partial charge in [-0.2, -0.15) is 0 Å². The van der Waals surface area contributed by atoms with Crippen LogP contribution in [-0.2, 0) is 0 Å². The predicted octanol–water partition coefficient (Wildman–Crippen LogP) is 1.94. The fraction of sp³-hybridized carbons (Fsp3) is 0.467. The number of fused-ring (bicyclic) bond motifs is 1. The third-order valence-electron chi connectivity index (χ3n) is 4.67. The van der Waals surface area contributed by atoms with Crippen molar-refractivity contribution in [2.75, 3.05) is 18.8 Å². The average Bonchev–Trinajstić information content (AvgIpc) is 3.14. The smallest absolute Gasteiger partial charge is 0.123 e. The average molecular weight is 269 g/mol. The van der Waals surface area contributed by atoms with Crippen molar-refractivity contribution in [1.29, 1.82) is 0 Å². The van der Waals surface area contributed by atoms with Gasteiger partial charge in [0.05, 0.1) is 24.3 Å². The van der Waals surface area contributed by atoms with Gasteiger partial charge in [0, 0.05) is 24.3 Å². The van der Waals surface area contributed by atoms with Crippen LogP contribution >= 0.6 is 0 Å². The van der Waals surface area contributed by atoms with E-state index in [2.05, 4.69) is 19.4 Å². The van der Waals surface area contributed by atoms with Crippen LogP contribution in [0.2, 0.25) is 0 Å². The Labute approximate surface area is 118 Å². The van der Waals surface area contributed by atoms with Gasteiger partial charge in [-0.15, -0.1) is 0 Å². The largest absolute Gasteiger partial charge is 0.384 e. The van der Waals surface area contributed by atoms with Crippen molar-refractivity contribution >= 4 is 5.82 Å². The standard InChI is InChI=1S/C15H19N5/c16-15-8-11(3-5-18-15)14-9-17-10-20(14)13-4-7-19-6-1-2-12(13)19/h3,5,8-10,12-13H,1-2,4,6-7H2,(H2,16,18). The van der Waals surface area contributed by atoms with E-state index in [-0.39, 0.29) is 0 Å². The molecule has 2 aliphatic rings. The Morgan fingerprint density at radius 1 is 1.20 bits per heavy atom. The van der Waals surface area contributed by atoms with Gasteiger partial charge in [0.25, 0.3) is 0 Å². The van der Waals surface area contributed by atoms with Crippen LogP contribution < -0.4 is 5.73 Å². The molecule has 2 unspecified atom stereocenters. The molecule has 104 valence electrons. The lowest BCUT2D eigenvalue weighted by Crippen LogP contribution is -2.27. The minimum atomic E-state index is 0.546. The Morgan fingerprint density at radius 3 is 3.05 bits per heavy atom. The van der Waals surface area contributed by atoms with E-state index in [1.54, 1.807) is 6.20 Å². The highest BCUT2D eigenvalue weighted by atomic mass is 15.3. The van der Waals surface area contributed by atoms with E-state index < -0.39 is 0 Å². The summed E-state index contributed by atoms with van der Waals surface area (Å²) in [7, 11) is 0. The molecule has 20 heavy (non-hydrogen) atoms. The van der Waals surface area contributed by atoms with Gasteiger partial charge < -0.3 is 10.3 Å². The molecular weight excluding hydrogens is 250 g/mol. The molecule has 0 aromatic carbocycles. The van der Waals surface area contributed by atoms with Crippen LogP contribution in [-0.4, -0.2) is 38.6 Å². The molecule has 0 radical (unpaired) electrons. The molecule has 4 heterocycles. The number of anilines is 1. The summed E-state index contributed by atoms with van der Waals surface area (Å²) in [6.07, 6.45) is 9.52. The third-order valence-corrected chi connectivity index (χ3v) is 4.67. The zero-order valence-corrected chi connectivity index (χ0v) is 11.4. The number of imidazole rings is 1. The molecule has 0 saturated carbocycles. The second-order valence-corrected chi connectivity index (χ2v) is 5.76. The minimum Gasteiger partial charge on any atom is -0.384 e. The van der Waals surface area contributed by atoms with Crippen molar-refractivity contribution < 1.29 is 0 Å². The summed E-state index contributed by atoms with van der Waals surface area (Å²) >= 11 is 0. The van der Waals surface area contributed by atoms with Crippen molar-refractivity contribution in [2.45, 2.75) is 31.3 Å². The number of rotatable bonds is 2. The SMILES string of the molecule is Nc1cc(-c2cncn2C2CCN3CCCC23)ccn1. The fourth-order valence-corrected chi connectivity index (χ4v) is 3.78. The van der Waals surface area contributed by atoms with Gasteiger partial charge in [0.15, 0.2) is 0 Å². The zero-order chi connectivity index (χ0) is 13.5. The first kappa shape index (κ1) is 11.9. The fourth-order valence-electron chi connectivity index (χ4n) is 3.78. The number of hydrogen-bond donors (Lipinski definition) is 1. The summed E-state index contributed by atoms with van der Waals surface area (Å²) in [6.45, 7) is 2.47. The highest BCUT2D eigenvalue weighted by molar-refractivity contribution is 5.62. The predicted molar refractivity (Wildman–Crippen MR) is 78.1 cm³/mol. The lowest BCUT2D eigenvalue weighted by molar-refractivity contribution is 0.291. The number of aromatic nitrogens is 3. The highest BCUT2D eigenvalue weighted by Crippen LogP contribution is 2.38. The molecule has 0 amide bonds. The molecule has 5 nitrogen and oxygen atoms in total.